The van der Waals surface area contributed by atoms with E-state index < -0.39 is 0 Å². The highest BCUT2D eigenvalue weighted by molar-refractivity contribution is 6.13. The van der Waals surface area contributed by atoms with Crippen LogP contribution in [0.1, 0.15) is 47.8 Å². The minimum atomic E-state index is 0.348. The van der Waals surface area contributed by atoms with Crippen molar-refractivity contribution in [2.75, 3.05) is 0 Å². The van der Waals surface area contributed by atoms with Gasteiger partial charge in [0.25, 0.3) is 5.65 Å². The lowest BCUT2D eigenvalue weighted by Gasteiger charge is -2.18. The second kappa shape index (κ2) is 9.38. The zero-order valence-corrected chi connectivity index (χ0v) is 25.5. The van der Waals surface area contributed by atoms with E-state index in [1.54, 1.807) is 0 Å². The predicted molar refractivity (Wildman–Crippen MR) is 167 cm³/mol. The first-order valence-corrected chi connectivity index (χ1v) is 14.5. The van der Waals surface area contributed by atoms with Crippen molar-refractivity contribution in [3.8, 4) is 17.2 Å². The highest BCUT2D eigenvalue weighted by atomic mass is 16.5. The first kappa shape index (κ1) is 26.1. The molecule has 5 heterocycles. The molecule has 0 fully saturated rings. The number of imidazole rings is 1. The van der Waals surface area contributed by atoms with Gasteiger partial charge in [0.15, 0.2) is 30.0 Å². The fourth-order valence-electron chi connectivity index (χ4n) is 6.73. The number of aromatic nitrogens is 6. The van der Waals surface area contributed by atoms with Crippen molar-refractivity contribution in [2.45, 2.75) is 47.5 Å². The van der Waals surface area contributed by atoms with Crippen LogP contribution < -0.4 is 14.0 Å². The third-order valence-corrected chi connectivity index (χ3v) is 8.72. The SMILES string of the molecule is Cc1nc(C)c(-n2ccc[n+]2C)c(C)c1Oc1cnc2c3c(C(C)C)cccc3n3c4ccccc4[n+](C)c3c2c1C. The van der Waals surface area contributed by atoms with E-state index in [1.165, 1.54) is 27.5 Å². The van der Waals surface area contributed by atoms with Crippen molar-refractivity contribution in [2.24, 2.45) is 14.1 Å². The molecular weight excluding hydrogens is 520 g/mol. The summed E-state index contributed by atoms with van der Waals surface area (Å²) >= 11 is 0. The normalized spacial score (nSPS) is 12.0. The quantitative estimate of drug-likeness (QED) is 0.177. The van der Waals surface area contributed by atoms with Gasteiger partial charge in [-0.15, -0.1) is 9.36 Å². The van der Waals surface area contributed by atoms with E-state index in [4.69, 9.17) is 14.7 Å². The van der Waals surface area contributed by atoms with Gasteiger partial charge in [-0.2, -0.15) is 4.40 Å². The number of nitrogens with zero attached hydrogens (tertiary/aromatic N) is 6. The minimum absolute atomic E-state index is 0.348. The number of para-hydroxylation sites is 2. The summed E-state index contributed by atoms with van der Waals surface area (Å²) in [6.45, 7) is 12.8. The van der Waals surface area contributed by atoms with Crippen LogP contribution in [0.3, 0.4) is 0 Å². The molecule has 7 nitrogen and oxygen atoms in total. The van der Waals surface area contributed by atoms with Gasteiger partial charge in [-0.1, -0.05) is 38.1 Å². The Morgan fingerprint density at radius 1 is 0.833 bits per heavy atom. The fraction of sp³-hybridized carbons (Fsp3) is 0.257. The van der Waals surface area contributed by atoms with E-state index in [9.17, 15) is 0 Å². The highest BCUT2D eigenvalue weighted by Gasteiger charge is 2.28. The van der Waals surface area contributed by atoms with Gasteiger partial charge < -0.3 is 4.74 Å². The van der Waals surface area contributed by atoms with Crippen molar-refractivity contribution in [3.05, 3.63) is 95.2 Å². The molecule has 0 saturated heterocycles. The van der Waals surface area contributed by atoms with Gasteiger partial charge >= 0.3 is 0 Å². The summed E-state index contributed by atoms with van der Waals surface area (Å²) in [6.07, 6.45) is 5.96. The molecule has 0 spiro atoms. The Balaban J connectivity index is 1.56. The molecule has 0 saturated carbocycles. The summed E-state index contributed by atoms with van der Waals surface area (Å²) in [5, 5.41) is 2.29. The first-order valence-electron chi connectivity index (χ1n) is 14.5. The van der Waals surface area contributed by atoms with Crippen LogP contribution in [0.25, 0.3) is 44.2 Å². The van der Waals surface area contributed by atoms with Crippen molar-refractivity contribution in [1.29, 1.82) is 0 Å². The Bertz CT molecular complexity index is 2220. The van der Waals surface area contributed by atoms with E-state index in [1.807, 2.05) is 50.2 Å². The molecule has 0 N–H and O–H groups in total. The molecule has 210 valence electrons. The molecule has 0 atom stereocenters. The third-order valence-electron chi connectivity index (χ3n) is 8.72. The van der Waals surface area contributed by atoms with E-state index in [0.29, 0.717) is 5.92 Å². The molecule has 0 amide bonds. The van der Waals surface area contributed by atoms with Crippen molar-refractivity contribution >= 4 is 38.5 Å². The Labute approximate surface area is 245 Å². The lowest BCUT2D eigenvalue weighted by molar-refractivity contribution is -0.744. The minimum Gasteiger partial charge on any atom is -0.453 e. The number of pyridine rings is 3. The molecule has 7 heteroatoms. The van der Waals surface area contributed by atoms with Gasteiger partial charge in [-0.05, 0) is 57.4 Å². The Morgan fingerprint density at radius 3 is 2.33 bits per heavy atom. The van der Waals surface area contributed by atoms with Gasteiger partial charge in [0.2, 0.25) is 0 Å². The predicted octanol–water partition coefficient (Wildman–Crippen LogP) is 6.78. The third kappa shape index (κ3) is 3.59. The second-order valence-corrected chi connectivity index (χ2v) is 11.7. The Kier molecular flexibility index (Phi) is 5.84. The summed E-state index contributed by atoms with van der Waals surface area (Å²) < 4.78 is 15.6. The summed E-state index contributed by atoms with van der Waals surface area (Å²) in [5.74, 6) is 1.84. The van der Waals surface area contributed by atoms with Gasteiger partial charge in [0.05, 0.1) is 47.1 Å². The Morgan fingerprint density at radius 2 is 1.60 bits per heavy atom. The maximum absolute atomic E-state index is 6.80. The van der Waals surface area contributed by atoms with Crippen molar-refractivity contribution in [1.82, 2.24) is 19.1 Å². The second-order valence-electron chi connectivity index (χ2n) is 11.7. The fourth-order valence-corrected chi connectivity index (χ4v) is 6.73. The molecule has 0 aliphatic heterocycles. The molecule has 0 bridgehead atoms. The number of benzene rings is 2. The van der Waals surface area contributed by atoms with E-state index in [2.05, 4.69) is 90.9 Å². The monoisotopic (exact) mass is 556 g/mol. The van der Waals surface area contributed by atoms with E-state index in [-0.39, 0.29) is 0 Å². The van der Waals surface area contributed by atoms with Crippen molar-refractivity contribution < 1.29 is 14.0 Å². The zero-order valence-electron chi connectivity index (χ0n) is 25.5. The van der Waals surface area contributed by atoms with Crippen LogP contribution >= 0.6 is 0 Å². The summed E-state index contributed by atoms with van der Waals surface area (Å²) in [4.78, 5) is 10.0. The maximum Gasteiger partial charge on any atom is 0.297 e. The van der Waals surface area contributed by atoms with Gasteiger partial charge in [0.1, 0.15) is 17.0 Å². The van der Waals surface area contributed by atoms with Gasteiger partial charge in [-0.25, -0.2) is 4.57 Å². The van der Waals surface area contributed by atoms with Gasteiger partial charge in [0, 0.05) is 17.2 Å². The zero-order chi connectivity index (χ0) is 29.4. The highest BCUT2D eigenvalue weighted by Crippen LogP contribution is 2.40. The van der Waals surface area contributed by atoms with Crippen LogP contribution in [0.5, 0.6) is 11.5 Å². The molecule has 0 aliphatic carbocycles. The molecule has 42 heavy (non-hydrogen) atoms. The molecule has 0 radical (unpaired) electrons. The largest absolute Gasteiger partial charge is 0.453 e. The molecule has 7 aromatic rings. The topological polar surface area (TPSA) is 52.1 Å². The number of rotatable bonds is 4. The number of hydrogen-bond donors (Lipinski definition) is 0. The average molecular weight is 557 g/mol. The van der Waals surface area contributed by atoms with Crippen LogP contribution in [-0.2, 0) is 14.1 Å². The van der Waals surface area contributed by atoms with Crippen LogP contribution in [0.15, 0.2) is 67.1 Å². The average Bonchev–Trinajstić information content (AvgIpc) is 3.52. The molecule has 0 aliphatic rings. The number of ether oxygens (including phenoxy) is 1. The van der Waals surface area contributed by atoms with E-state index >= 15 is 0 Å². The van der Waals surface area contributed by atoms with E-state index in [0.717, 1.165) is 56.3 Å². The molecule has 0 unspecified atom stereocenters. The molecule has 2 aromatic carbocycles. The van der Waals surface area contributed by atoms with Crippen LogP contribution in [-0.4, -0.2) is 19.1 Å². The Hall–Kier alpha value is -4.78. The molecular formula is C35H36N6O+2. The first-order chi connectivity index (χ1) is 20.2. The molecule has 7 rings (SSSR count). The molecule has 5 aromatic heterocycles. The maximum atomic E-state index is 6.80. The van der Waals surface area contributed by atoms with Crippen LogP contribution in [0, 0.1) is 27.7 Å². The number of aryl methyl sites for hydroxylation is 5. The van der Waals surface area contributed by atoms with Gasteiger partial charge in [-0.3, -0.25) is 9.97 Å². The van der Waals surface area contributed by atoms with Crippen LogP contribution in [0.4, 0.5) is 0 Å². The summed E-state index contributed by atoms with van der Waals surface area (Å²) in [5.41, 5.74) is 11.8. The van der Waals surface area contributed by atoms with Crippen molar-refractivity contribution in [3.63, 3.8) is 0 Å². The van der Waals surface area contributed by atoms with Crippen LogP contribution in [0.2, 0.25) is 0 Å². The smallest absolute Gasteiger partial charge is 0.297 e. The lowest BCUT2D eigenvalue weighted by atomic mass is 9.95. The lowest BCUT2D eigenvalue weighted by Crippen LogP contribution is -2.37. The number of fused-ring (bicyclic) bond motifs is 8. The standard InChI is InChI=1S/C35H36N6O/c1-20(2)25-13-11-16-28-31(25)32-30(35-39(8)26-14-9-10-15-27(26)41(28)35)21(3)29(19-36-32)42-34-22(4)33(23(5)37-24(34)6)40-18-12-17-38(40)7/h9-20H,1-8H3/q+2. The number of hydrogen-bond acceptors (Lipinski definition) is 3. The summed E-state index contributed by atoms with van der Waals surface area (Å²) in [6, 6.07) is 17.2. The summed E-state index contributed by atoms with van der Waals surface area (Å²) in [7, 11) is 4.17.